The second kappa shape index (κ2) is 9.65. The van der Waals surface area contributed by atoms with Gasteiger partial charge in [0, 0.05) is 5.57 Å². The van der Waals surface area contributed by atoms with Gasteiger partial charge >= 0.3 is 11.9 Å². The molecule has 0 radical (unpaired) electrons. The molecule has 126 valence electrons. The molecule has 1 rings (SSSR count). The largest absolute Gasteiger partial charge is 0.463 e. The maximum atomic E-state index is 12.5. The first-order valence-corrected chi connectivity index (χ1v) is 8.58. The van der Waals surface area contributed by atoms with Crippen LogP contribution in [-0.2, 0) is 19.1 Å². The highest BCUT2D eigenvalue weighted by Gasteiger charge is 2.31. The molecule has 4 heteroatoms. The summed E-state index contributed by atoms with van der Waals surface area (Å²) in [6, 6.07) is 0. The predicted molar refractivity (Wildman–Crippen MR) is 86.3 cm³/mol. The highest BCUT2D eigenvalue weighted by atomic mass is 16.5. The lowest BCUT2D eigenvalue weighted by Gasteiger charge is -2.26. The van der Waals surface area contributed by atoms with E-state index in [-0.39, 0.29) is 23.8 Å². The molecule has 0 amide bonds. The van der Waals surface area contributed by atoms with E-state index in [1.54, 1.807) is 13.8 Å². The van der Waals surface area contributed by atoms with Gasteiger partial charge in [0.05, 0.1) is 18.8 Å². The molecule has 0 aromatic rings. The first kappa shape index (κ1) is 18.7. The summed E-state index contributed by atoms with van der Waals surface area (Å²) < 4.78 is 10.4. The van der Waals surface area contributed by atoms with Crippen LogP contribution in [0.2, 0.25) is 0 Å². The Morgan fingerprint density at radius 1 is 0.955 bits per heavy atom. The second-order valence-corrected chi connectivity index (χ2v) is 6.27. The molecule has 1 saturated carbocycles. The van der Waals surface area contributed by atoms with E-state index in [0.717, 1.165) is 25.7 Å². The number of carbonyl (C=O) groups excluding carboxylic acids is 2. The molecular formula is C18H30O4. The second-order valence-electron chi connectivity index (χ2n) is 6.27. The van der Waals surface area contributed by atoms with Crippen LogP contribution in [0.25, 0.3) is 0 Å². The van der Waals surface area contributed by atoms with Crippen molar-refractivity contribution >= 4 is 11.9 Å². The van der Waals surface area contributed by atoms with Crippen molar-refractivity contribution in [3.05, 3.63) is 11.1 Å². The van der Waals surface area contributed by atoms with Crippen molar-refractivity contribution in [1.82, 2.24) is 0 Å². The molecule has 1 aliphatic rings. The zero-order chi connectivity index (χ0) is 16.5. The van der Waals surface area contributed by atoms with Gasteiger partial charge in [0.2, 0.25) is 0 Å². The topological polar surface area (TPSA) is 52.6 Å². The molecule has 1 fully saturated rings. The quantitative estimate of drug-likeness (QED) is 0.526. The van der Waals surface area contributed by atoms with Crippen molar-refractivity contribution in [3.8, 4) is 0 Å². The summed E-state index contributed by atoms with van der Waals surface area (Å²) in [5.41, 5.74) is 1.11. The molecule has 0 bridgehead atoms. The van der Waals surface area contributed by atoms with Crippen LogP contribution in [0.5, 0.6) is 0 Å². The molecule has 0 aromatic carbocycles. The molecule has 0 atom stereocenters. The smallest absolute Gasteiger partial charge is 0.334 e. The van der Waals surface area contributed by atoms with E-state index in [4.69, 9.17) is 9.47 Å². The van der Waals surface area contributed by atoms with E-state index in [0.29, 0.717) is 30.8 Å². The number of hydrogen-bond acceptors (Lipinski definition) is 4. The molecule has 0 saturated heterocycles. The van der Waals surface area contributed by atoms with E-state index in [1.807, 2.05) is 13.8 Å². The maximum Gasteiger partial charge on any atom is 0.334 e. The zero-order valence-electron chi connectivity index (χ0n) is 14.4. The predicted octanol–water partition coefficient (Wildman–Crippen LogP) is 4.04. The minimum atomic E-state index is -0.357. The summed E-state index contributed by atoms with van der Waals surface area (Å²) in [6.07, 6.45) is 5.87. The Bertz CT molecular complexity index is 403. The van der Waals surface area contributed by atoms with Crippen LogP contribution in [0.4, 0.5) is 0 Å². The lowest BCUT2D eigenvalue weighted by molar-refractivity contribution is -0.142. The Kier molecular flexibility index (Phi) is 8.21. The van der Waals surface area contributed by atoms with Crippen molar-refractivity contribution in [3.63, 3.8) is 0 Å². The fraction of sp³-hybridized carbons (Fsp3) is 0.778. The summed E-state index contributed by atoms with van der Waals surface area (Å²) in [7, 11) is 0. The molecule has 0 heterocycles. The summed E-state index contributed by atoms with van der Waals surface area (Å²) >= 11 is 0. The normalized spacial score (nSPS) is 17.1. The van der Waals surface area contributed by atoms with Crippen molar-refractivity contribution < 1.29 is 19.1 Å². The summed E-state index contributed by atoms with van der Waals surface area (Å²) in [6.45, 7) is 8.32. The highest BCUT2D eigenvalue weighted by Crippen LogP contribution is 2.34. The Morgan fingerprint density at radius 3 is 2.00 bits per heavy atom. The molecular weight excluding hydrogens is 280 g/mol. The van der Waals surface area contributed by atoms with Crippen molar-refractivity contribution in [2.75, 3.05) is 13.2 Å². The fourth-order valence-electron chi connectivity index (χ4n) is 3.07. The SMILES string of the molecule is CCOC(=O)/C(CC(C)C)=C(\C(=O)OCC)C1CCCCC1. The van der Waals surface area contributed by atoms with Gasteiger partial charge in [-0.2, -0.15) is 0 Å². The monoisotopic (exact) mass is 310 g/mol. The van der Waals surface area contributed by atoms with Gasteiger partial charge in [0.1, 0.15) is 0 Å². The average Bonchev–Trinajstić information content (AvgIpc) is 2.48. The number of rotatable bonds is 7. The molecule has 4 nitrogen and oxygen atoms in total. The van der Waals surface area contributed by atoms with Crippen LogP contribution < -0.4 is 0 Å². The number of esters is 2. The van der Waals surface area contributed by atoms with Crippen LogP contribution in [-0.4, -0.2) is 25.2 Å². The standard InChI is InChI=1S/C18H30O4/c1-5-21-17(19)15(12-13(3)4)16(18(20)22-6-2)14-10-8-7-9-11-14/h13-14H,5-12H2,1-4H3/b16-15-. The van der Waals surface area contributed by atoms with E-state index in [2.05, 4.69) is 0 Å². The summed E-state index contributed by atoms with van der Waals surface area (Å²) in [4.78, 5) is 24.9. The molecule has 0 aliphatic heterocycles. The maximum absolute atomic E-state index is 12.5. The summed E-state index contributed by atoms with van der Waals surface area (Å²) in [5.74, 6) is -0.277. The highest BCUT2D eigenvalue weighted by molar-refractivity contribution is 6.00. The van der Waals surface area contributed by atoms with Crippen LogP contribution in [0, 0.1) is 11.8 Å². The molecule has 0 spiro atoms. The molecule has 0 aromatic heterocycles. The van der Waals surface area contributed by atoms with Crippen LogP contribution in [0.15, 0.2) is 11.1 Å². The Labute approximate surface area is 134 Å². The molecule has 22 heavy (non-hydrogen) atoms. The first-order chi connectivity index (χ1) is 10.5. The van der Waals surface area contributed by atoms with E-state index in [1.165, 1.54) is 6.42 Å². The summed E-state index contributed by atoms with van der Waals surface area (Å²) in [5, 5.41) is 0. The molecule has 0 N–H and O–H groups in total. The fourth-order valence-corrected chi connectivity index (χ4v) is 3.07. The van der Waals surface area contributed by atoms with Crippen molar-refractivity contribution in [2.24, 2.45) is 11.8 Å². The minimum absolute atomic E-state index is 0.131. The van der Waals surface area contributed by atoms with E-state index >= 15 is 0 Å². The van der Waals surface area contributed by atoms with Gasteiger partial charge in [-0.15, -0.1) is 0 Å². The Balaban J connectivity index is 3.21. The third-order valence-electron chi connectivity index (χ3n) is 3.97. The van der Waals surface area contributed by atoms with E-state index < -0.39 is 0 Å². The van der Waals surface area contributed by atoms with Gasteiger partial charge < -0.3 is 9.47 Å². The van der Waals surface area contributed by atoms with Gasteiger partial charge in [-0.1, -0.05) is 33.1 Å². The van der Waals surface area contributed by atoms with Crippen molar-refractivity contribution in [1.29, 1.82) is 0 Å². The third kappa shape index (κ3) is 5.47. The van der Waals surface area contributed by atoms with Crippen LogP contribution in [0.1, 0.15) is 66.2 Å². The average molecular weight is 310 g/mol. The van der Waals surface area contributed by atoms with E-state index in [9.17, 15) is 9.59 Å². The Hall–Kier alpha value is -1.32. The zero-order valence-corrected chi connectivity index (χ0v) is 14.4. The first-order valence-electron chi connectivity index (χ1n) is 8.58. The Morgan fingerprint density at radius 2 is 1.50 bits per heavy atom. The van der Waals surface area contributed by atoms with Gasteiger partial charge in [-0.3, -0.25) is 0 Å². The van der Waals surface area contributed by atoms with Crippen LogP contribution in [0.3, 0.4) is 0 Å². The molecule has 1 aliphatic carbocycles. The third-order valence-corrected chi connectivity index (χ3v) is 3.97. The van der Waals surface area contributed by atoms with Gasteiger partial charge in [0.25, 0.3) is 0 Å². The number of carbonyl (C=O) groups is 2. The lowest BCUT2D eigenvalue weighted by Crippen LogP contribution is -2.24. The lowest BCUT2D eigenvalue weighted by atomic mass is 9.80. The van der Waals surface area contributed by atoms with Gasteiger partial charge in [-0.25, -0.2) is 9.59 Å². The van der Waals surface area contributed by atoms with Crippen molar-refractivity contribution in [2.45, 2.75) is 66.2 Å². The molecule has 0 unspecified atom stereocenters. The van der Waals surface area contributed by atoms with Crippen LogP contribution >= 0.6 is 0 Å². The van der Waals surface area contributed by atoms with Gasteiger partial charge in [0.15, 0.2) is 0 Å². The number of ether oxygens (including phenoxy) is 2. The minimum Gasteiger partial charge on any atom is -0.463 e. The number of hydrogen-bond donors (Lipinski definition) is 0. The van der Waals surface area contributed by atoms with Gasteiger partial charge in [-0.05, 0) is 44.9 Å².